The highest BCUT2D eigenvalue weighted by atomic mass is 127. The van der Waals surface area contributed by atoms with Gasteiger partial charge in [-0.1, -0.05) is 12.1 Å². The van der Waals surface area contributed by atoms with E-state index in [-0.39, 0.29) is 24.0 Å². The number of methoxy groups -OCH3 is 1. The van der Waals surface area contributed by atoms with E-state index in [9.17, 15) is 0 Å². The van der Waals surface area contributed by atoms with E-state index in [1.807, 2.05) is 23.9 Å². The molecule has 6 heteroatoms. The number of ether oxygens (including phenoxy) is 1. The molecule has 0 heterocycles. The first-order chi connectivity index (χ1) is 10.3. The van der Waals surface area contributed by atoms with Gasteiger partial charge in [0, 0.05) is 25.4 Å². The molecule has 1 aromatic carbocycles. The van der Waals surface area contributed by atoms with Crippen molar-refractivity contribution in [2.45, 2.75) is 19.8 Å². The number of nitrogens with one attached hydrogen (secondary N) is 2. The van der Waals surface area contributed by atoms with E-state index in [0.717, 1.165) is 49.9 Å². The lowest BCUT2D eigenvalue weighted by molar-refractivity contribution is 0.414. The summed E-state index contributed by atoms with van der Waals surface area (Å²) >= 11 is 1.83. The number of guanidine groups is 1. The van der Waals surface area contributed by atoms with Crippen molar-refractivity contribution in [3.63, 3.8) is 0 Å². The van der Waals surface area contributed by atoms with Gasteiger partial charge in [-0.2, -0.15) is 11.8 Å². The molecule has 0 aliphatic heterocycles. The summed E-state index contributed by atoms with van der Waals surface area (Å²) in [5, 5.41) is 6.61. The number of thioether (sulfide) groups is 1. The number of benzene rings is 1. The highest BCUT2D eigenvalue weighted by Gasteiger charge is 1.97. The van der Waals surface area contributed by atoms with Crippen LogP contribution in [0.3, 0.4) is 0 Å². The average molecular weight is 437 g/mol. The van der Waals surface area contributed by atoms with Gasteiger partial charge in [0.1, 0.15) is 5.75 Å². The van der Waals surface area contributed by atoms with Crippen LogP contribution in [0.25, 0.3) is 0 Å². The minimum Gasteiger partial charge on any atom is -0.497 e. The van der Waals surface area contributed by atoms with E-state index in [4.69, 9.17) is 4.74 Å². The van der Waals surface area contributed by atoms with Gasteiger partial charge >= 0.3 is 0 Å². The molecule has 0 aliphatic rings. The first-order valence-corrected chi connectivity index (χ1v) is 8.83. The number of hydrogen-bond donors (Lipinski definition) is 2. The van der Waals surface area contributed by atoms with Gasteiger partial charge in [-0.3, -0.25) is 4.99 Å². The fourth-order valence-electron chi connectivity index (χ4n) is 1.88. The van der Waals surface area contributed by atoms with E-state index in [2.05, 4.69) is 40.9 Å². The first-order valence-electron chi connectivity index (χ1n) is 7.44. The van der Waals surface area contributed by atoms with Crippen molar-refractivity contribution in [3.8, 4) is 5.75 Å². The monoisotopic (exact) mass is 437 g/mol. The van der Waals surface area contributed by atoms with Crippen molar-refractivity contribution >= 4 is 41.7 Å². The van der Waals surface area contributed by atoms with Crippen LogP contribution in [-0.4, -0.2) is 44.7 Å². The number of hydrogen-bond acceptors (Lipinski definition) is 3. The molecule has 0 amide bonds. The Morgan fingerprint density at radius 3 is 2.55 bits per heavy atom. The number of aliphatic imine (C=N–C) groups is 1. The first kappa shape index (κ1) is 21.4. The van der Waals surface area contributed by atoms with Crippen LogP contribution in [0, 0.1) is 0 Å². The molecule has 22 heavy (non-hydrogen) atoms. The third-order valence-corrected chi connectivity index (χ3v) is 3.61. The largest absolute Gasteiger partial charge is 0.497 e. The average Bonchev–Trinajstić information content (AvgIpc) is 2.52. The summed E-state index contributed by atoms with van der Waals surface area (Å²) in [4.78, 5) is 4.59. The molecule has 1 aromatic rings. The van der Waals surface area contributed by atoms with Gasteiger partial charge in [0.05, 0.1) is 7.11 Å². The van der Waals surface area contributed by atoms with Crippen molar-refractivity contribution in [1.82, 2.24) is 10.6 Å². The fourth-order valence-corrected chi connectivity index (χ4v) is 2.19. The van der Waals surface area contributed by atoms with E-state index in [0.29, 0.717) is 0 Å². The SMILES string of the molecule is CCNC(=NCCCc1ccc(OC)cc1)NCCSC.I. The van der Waals surface area contributed by atoms with Gasteiger partial charge in [-0.15, -0.1) is 24.0 Å². The lowest BCUT2D eigenvalue weighted by atomic mass is 10.1. The lowest BCUT2D eigenvalue weighted by Crippen LogP contribution is -2.38. The lowest BCUT2D eigenvalue weighted by Gasteiger charge is -2.10. The highest BCUT2D eigenvalue weighted by Crippen LogP contribution is 2.12. The molecule has 0 saturated heterocycles. The molecular weight excluding hydrogens is 409 g/mol. The maximum absolute atomic E-state index is 5.16. The Labute approximate surface area is 155 Å². The van der Waals surface area contributed by atoms with Crippen LogP contribution in [0.1, 0.15) is 18.9 Å². The van der Waals surface area contributed by atoms with Gasteiger partial charge < -0.3 is 15.4 Å². The normalized spacial score (nSPS) is 10.8. The smallest absolute Gasteiger partial charge is 0.191 e. The molecule has 2 N–H and O–H groups in total. The van der Waals surface area contributed by atoms with Gasteiger partial charge in [0.2, 0.25) is 0 Å². The summed E-state index contributed by atoms with van der Waals surface area (Å²) in [7, 11) is 1.69. The topological polar surface area (TPSA) is 45.7 Å². The maximum Gasteiger partial charge on any atom is 0.191 e. The molecular formula is C16H28IN3OS. The van der Waals surface area contributed by atoms with Crippen molar-refractivity contribution < 1.29 is 4.74 Å². The molecule has 4 nitrogen and oxygen atoms in total. The summed E-state index contributed by atoms with van der Waals surface area (Å²) in [5.74, 6) is 2.92. The maximum atomic E-state index is 5.16. The van der Waals surface area contributed by atoms with Crippen LogP contribution < -0.4 is 15.4 Å². The quantitative estimate of drug-likeness (QED) is 0.270. The van der Waals surface area contributed by atoms with E-state index in [1.54, 1.807) is 7.11 Å². The molecule has 0 spiro atoms. The molecule has 0 atom stereocenters. The Kier molecular flexibility index (Phi) is 13.6. The summed E-state index contributed by atoms with van der Waals surface area (Å²) < 4.78 is 5.16. The molecule has 0 bridgehead atoms. The van der Waals surface area contributed by atoms with Crippen LogP contribution in [0.5, 0.6) is 5.75 Å². The predicted octanol–water partition coefficient (Wildman–Crippen LogP) is 3.16. The van der Waals surface area contributed by atoms with Crippen LogP contribution >= 0.6 is 35.7 Å². The Morgan fingerprint density at radius 1 is 1.23 bits per heavy atom. The van der Waals surface area contributed by atoms with E-state index >= 15 is 0 Å². The zero-order valence-corrected chi connectivity index (χ0v) is 16.9. The summed E-state index contributed by atoms with van der Waals surface area (Å²) in [5.41, 5.74) is 1.33. The Morgan fingerprint density at radius 2 is 1.95 bits per heavy atom. The zero-order valence-electron chi connectivity index (χ0n) is 13.7. The van der Waals surface area contributed by atoms with Gasteiger partial charge in [-0.25, -0.2) is 0 Å². The number of halogens is 1. The Hall–Kier alpha value is -0.630. The second kappa shape index (κ2) is 14.0. The molecule has 0 aromatic heterocycles. The Balaban J connectivity index is 0.00000441. The molecule has 0 saturated carbocycles. The summed E-state index contributed by atoms with van der Waals surface area (Å²) in [6.45, 7) is 4.76. The molecule has 1 rings (SSSR count). The predicted molar refractivity (Wildman–Crippen MR) is 109 cm³/mol. The molecule has 0 unspecified atom stereocenters. The minimum absolute atomic E-state index is 0. The third-order valence-electron chi connectivity index (χ3n) is 3.00. The minimum atomic E-state index is 0. The molecule has 0 aliphatic carbocycles. The van der Waals surface area contributed by atoms with Crippen molar-refractivity contribution in [1.29, 1.82) is 0 Å². The summed E-state index contributed by atoms with van der Waals surface area (Å²) in [6.07, 6.45) is 4.20. The zero-order chi connectivity index (χ0) is 15.3. The number of rotatable bonds is 9. The number of aryl methyl sites for hydroxylation is 1. The van der Waals surface area contributed by atoms with Crippen molar-refractivity contribution in [3.05, 3.63) is 29.8 Å². The molecule has 0 fully saturated rings. The standard InChI is InChI=1S/C16H27N3OS.HI/c1-4-17-16(19-12-13-21-3)18-11-5-6-14-7-9-15(20-2)10-8-14;/h7-10H,4-6,11-13H2,1-3H3,(H2,17,18,19);1H. The van der Waals surface area contributed by atoms with Crippen molar-refractivity contribution in [2.75, 3.05) is 38.8 Å². The van der Waals surface area contributed by atoms with Crippen LogP contribution in [0.15, 0.2) is 29.3 Å². The highest BCUT2D eigenvalue weighted by molar-refractivity contribution is 14.0. The number of nitrogens with zero attached hydrogens (tertiary/aromatic N) is 1. The summed E-state index contributed by atoms with van der Waals surface area (Å²) in [6, 6.07) is 8.24. The molecule has 126 valence electrons. The Bertz CT molecular complexity index is 412. The third kappa shape index (κ3) is 9.40. The van der Waals surface area contributed by atoms with Crippen LogP contribution in [0.2, 0.25) is 0 Å². The second-order valence-corrected chi connectivity index (χ2v) is 5.62. The van der Waals surface area contributed by atoms with E-state index < -0.39 is 0 Å². The second-order valence-electron chi connectivity index (χ2n) is 4.63. The van der Waals surface area contributed by atoms with Crippen molar-refractivity contribution in [2.24, 2.45) is 4.99 Å². The molecule has 0 radical (unpaired) electrons. The van der Waals surface area contributed by atoms with Gasteiger partial charge in [-0.05, 0) is 43.7 Å². The van der Waals surface area contributed by atoms with Gasteiger partial charge in [0.15, 0.2) is 5.96 Å². The van der Waals surface area contributed by atoms with E-state index in [1.165, 1.54) is 5.56 Å². The van der Waals surface area contributed by atoms with Crippen LogP contribution in [-0.2, 0) is 6.42 Å². The van der Waals surface area contributed by atoms with Gasteiger partial charge in [0.25, 0.3) is 0 Å². The fraction of sp³-hybridized carbons (Fsp3) is 0.562. The van der Waals surface area contributed by atoms with Crippen LogP contribution in [0.4, 0.5) is 0 Å².